The molecule has 1 aliphatic heterocycles. The summed E-state index contributed by atoms with van der Waals surface area (Å²) in [6, 6.07) is 7.97. The smallest absolute Gasteiger partial charge is 0.259 e. The molecule has 0 spiro atoms. The average molecular weight is 450 g/mol. The number of nitrogens with zero attached hydrogens (tertiary/aromatic N) is 3. The van der Waals surface area contributed by atoms with E-state index in [4.69, 9.17) is 4.74 Å². The van der Waals surface area contributed by atoms with Crippen molar-refractivity contribution in [1.29, 1.82) is 0 Å². The van der Waals surface area contributed by atoms with Crippen molar-refractivity contribution in [3.05, 3.63) is 41.9 Å². The number of imidazole rings is 1. The van der Waals surface area contributed by atoms with E-state index in [2.05, 4.69) is 19.9 Å². The van der Waals surface area contributed by atoms with Crippen LogP contribution in [0.2, 0.25) is 0 Å². The van der Waals surface area contributed by atoms with Crippen LogP contribution in [0.4, 0.5) is 0 Å². The monoisotopic (exact) mass is 449 g/mol. The number of carbonyl (C=O) groups is 1. The third-order valence-electron chi connectivity index (χ3n) is 5.58. The molecule has 1 fully saturated rings. The molecule has 1 unspecified atom stereocenters. The summed E-state index contributed by atoms with van der Waals surface area (Å²) >= 11 is 0. The van der Waals surface area contributed by atoms with Gasteiger partial charge in [-0.25, -0.2) is 18.1 Å². The van der Waals surface area contributed by atoms with Crippen LogP contribution in [0.25, 0.3) is 0 Å². The largest absolute Gasteiger partial charge is 0.497 e. The maximum absolute atomic E-state index is 12.4. The van der Waals surface area contributed by atoms with Crippen LogP contribution in [0.15, 0.2) is 35.5 Å². The molecule has 1 saturated heterocycles. The van der Waals surface area contributed by atoms with E-state index in [0.29, 0.717) is 12.4 Å². The van der Waals surface area contributed by atoms with Gasteiger partial charge in [0.1, 0.15) is 11.6 Å². The van der Waals surface area contributed by atoms with Crippen LogP contribution in [0.1, 0.15) is 36.7 Å². The number of amides is 1. The third-order valence-corrected chi connectivity index (χ3v) is 6.91. The van der Waals surface area contributed by atoms with Crippen molar-refractivity contribution in [2.45, 2.75) is 37.3 Å². The van der Waals surface area contributed by atoms with Gasteiger partial charge >= 0.3 is 0 Å². The number of aromatic nitrogens is 2. The summed E-state index contributed by atoms with van der Waals surface area (Å²) in [4.78, 5) is 18.8. The van der Waals surface area contributed by atoms with Gasteiger partial charge in [-0.3, -0.25) is 9.69 Å². The Kier molecular flexibility index (Phi) is 7.69. The highest BCUT2D eigenvalue weighted by Gasteiger charge is 2.24. The van der Waals surface area contributed by atoms with Crippen molar-refractivity contribution < 1.29 is 17.9 Å². The lowest BCUT2D eigenvalue weighted by atomic mass is 10.1. The molecule has 2 aromatic rings. The summed E-state index contributed by atoms with van der Waals surface area (Å²) in [5.41, 5.74) is 1.12. The van der Waals surface area contributed by atoms with Crippen molar-refractivity contribution >= 4 is 15.9 Å². The predicted octanol–water partition coefficient (Wildman–Crippen LogP) is 1.36. The number of rotatable bonds is 10. The Balaban J connectivity index is 1.53. The Hall–Kier alpha value is -2.43. The first-order chi connectivity index (χ1) is 14.8. The SMILES string of the molecule is COc1ccc(C(CNC(=O)CCNS(=O)(=O)c2cn(C)c(C)n2)N2CCCC2)cc1. The Morgan fingerprint density at radius 1 is 1.23 bits per heavy atom. The fourth-order valence-electron chi connectivity index (χ4n) is 3.66. The average Bonchev–Trinajstić information content (AvgIpc) is 3.39. The third kappa shape index (κ3) is 6.05. The zero-order valence-electron chi connectivity index (χ0n) is 18.3. The first-order valence-electron chi connectivity index (χ1n) is 10.4. The van der Waals surface area contributed by atoms with E-state index in [-0.39, 0.29) is 29.9 Å². The van der Waals surface area contributed by atoms with Gasteiger partial charge in [0.05, 0.1) is 13.2 Å². The number of hydrogen-bond donors (Lipinski definition) is 2. The Bertz CT molecular complexity index is 962. The summed E-state index contributed by atoms with van der Waals surface area (Å²) < 4.78 is 34.0. The molecule has 10 heteroatoms. The number of sulfonamides is 1. The van der Waals surface area contributed by atoms with Gasteiger partial charge < -0.3 is 14.6 Å². The fraction of sp³-hybridized carbons (Fsp3) is 0.524. The topological polar surface area (TPSA) is 106 Å². The minimum Gasteiger partial charge on any atom is -0.497 e. The number of likely N-dealkylation sites (tertiary alicyclic amines) is 1. The second-order valence-electron chi connectivity index (χ2n) is 7.72. The van der Waals surface area contributed by atoms with Crippen LogP contribution in [-0.2, 0) is 21.9 Å². The van der Waals surface area contributed by atoms with Crippen molar-refractivity contribution in [3.63, 3.8) is 0 Å². The molecule has 3 rings (SSSR count). The molecular formula is C21H31N5O4S. The van der Waals surface area contributed by atoms with E-state index in [1.807, 2.05) is 24.3 Å². The van der Waals surface area contributed by atoms with Crippen molar-refractivity contribution in [3.8, 4) is 5.75 Å². The molecule has 170 valence electrons. The molecule has 0 aliphatic carbocycles. The standard InChI is InChI=1S/C21H31N5O4S/c1-16-24-21(15-25(16)2)31(28,29)23-11-10-20(27)22-14-19(26-12-4-5-13-26)17-6-8-18(30-3)9-7-17/h6-9,15,19,23H,4-5,10-14H2,1-3H3,(H,22,27). The molecule has 0 saturated carbocycles. The Morgan fingerprint density at radius 3 is 2.48 bits per heavy atom. The van der Waals surface area contributed by atoms with Gasteiger partial charge in [-0.05, 0) is 50.6 Å². The number of benzene rings is 1. The minimum absolute atomic E-state index is 0.0146. The zero-order valence-corrected chi connectivity index (χ0v) is 19.1. The molecule has 0 radical (unpaired) electrons. The van der Waals surface area contributed by atoms with E-state index in [1.165, 1.54) is 6.20 Å². The molecular weight excluding hydrogens is 418 g/mol. The fourth-order valence-corrected chi connectivity index (χ4v) is 4.73. The minimum atomic E-state index is -3.73. The van der Waals surface area contributed by atoms with E-state index < -0.39 is 10.0 Å². The summed E-state index contributed by atoms with van der Waals surface area (Å²) in [5.74, 6) is 1.20. The highest BCUT2D eigenvalue weighted by molar-refractivity contribution is 7.89. The van der Waals surface area contributed by atoms with Gasteiger partial charge in [-0.1, -0.05) is 12.1 Å². The number of nitrogens with one attached hydrogen (secondary N) is 2. The molecule has 2 N–H and O–H groups in total. The molecule has 1 aliphatic rings. The molecule has 1 amide bonds. The summed E-state index contributed by atoms with van der Waals surface area (Å²) in [6.45, 7) is 4.20. The van der Waals surface area contributed by atoms with Crippen molar-refractivity contribution in [2.24, 2.45) is 7.05 Å². The van der Waals surface area contributed by atoms with Crippen LogP contribution in [-0.4, -0.2) is 62.1 Å². The lowest BCUT2D eigenvalue weighted by Crippen LogP contribution is -2.38. The lowest BCUT2D eigenvalue weighted by Gasteiger charge is -2.28. The molecule has 1 aromatic heterocycles. The van der Waals surface area contributed by atoms with Crippen molar-refractivity contribution in [2.75, 3.05) is 33.3 Å². The highest BCUT2D eigenvalue weighted by Crippen LogP contribution is 2.26. The Morgan fingerprint density at radius 2 is 1.90 bits per heavy atom. The van der Waals surface area contributed by atoms with Crippen LogP contribution in [0, 0.1) is 6.92 Å². The number of ether oxygens (including phenoxy) is 1. The molecule has 2 heterocycles. The maximum atomic E-state index is 12.4. The summed E-state index contributed by atoms with van der Waals surface area (Å²) in [6.07, 6.45) is 3.80. The molecule has 0 bridgehead atoms. The van der Waals surface area contributed by atoms with E-state index >= 15 is 0 Å². The van der Waals surface area contributed by atoms with Gasteiger partial charge in [-0.15, -0.1) is 0 Å². The van der Waals surface area contributed by atoms with Crippen LogP contribution in [0.5, 0.6) is 5.75 Å². The normalized spacial score (nSPS) is 15.7. The summed E-state index contributed by atoms with van der Waals surface area (Å²) in [7, 11) is -0.368. The van der Waals surface area contributed by atoms with Gasteiger partial charge in [0.25, 0.3) is 10.0 Å². The number of hydrogen-bond acceptors (Lipinski definition) is 6. The maximum Gasteiger partial charge on any atom is 0.259 e. The predicted molar refractivity (Wildman–Crippen MR) is 117 cm³/mol. The number of methoxy groups -OCH3 is 1. The number of aryl methyl sites for hydroxylation is 2. The molecule has 1 atom stereocenters. The van der Waals surface area contributed by atoms with Crippen molar-refractivity contribution in [1.82, 2.24) is 24.5 Å². The lowest BCUT2D eigenvalue weighted by molar-refractivity contribution is -0.121. The molecule has 9 nitrogen and oxygen atoms in total. The van der Waals surface area contributed by atoms with E-state index in [0.717, 1.165) is 37.2 Å². The van der Waals surface area contributed by atoms with E-state index in [9.17, 15) is 13.2 Å². The van der Waals surface area contributed by atoms with Crippen LogP contribution >= 0.6 is 0 Å². The van der Waals surface area contributed by atoms with Crippen LogP contribution < -0.4 is 14.8 Å². The van der Waals surface area contributed by atoms with Gasteiger partial charge in [0, 0.05) is 32.8 Å². The van der Waals surface area contributed by atoms with E-state index in [1.54, 1.807) is 25.6 Å². The first kappa shape index (κ1) is 23.2. The van der Waals surface area contributed by atoms with Crippen LogP contribution in [0.3, 0.4) is 0 Å². The Labute approximate surface area is 183 Å². The zero-order chi connectivity index (χ0) is 22.4. The van der Waals surface area contributed by atoms with Gasteiger partial charge in [0.2, 0.25) is 5.91 Å². The molecule has 31 heavy (non-hydrogen) atoms. The van der Waals surface area contributed by atoms with Gasteiger partial charge in [0.15, 0.2) is 5.03 Å². The second kappa shape index (κ2) is 10.3. The highest BCUT2D eigenvalue weighted by atomic mass is 32.2. The summed E-state index contributed by atoms with van der Waals surface area (Å²) in [5, 5.41) is 2.92. The molecule has 1 aromatic carbocycles. The second-order valence-corrected chi connectivity index (χ2v) is 9.43. The first-order valence-corrected chi connectivity index (χ1v) is 11.9. The quantitative estimate of drug-likeness (QED) is 0.567. The number of carbonyl (C=O) groups excluding carboxylic acids is 1. The van der Waals surface area contributed by atoms with Gasteiger partial charge in [-0.2, -0.15) is 0 Å².